The molecule has 0 aliphatic rings. The van der Waals surface area contributed by atoms with Crippen LogP contribution in [0.4, 0.5) is 0 Å². The first-order valence-corrected chi connectivity index (χ1v) is 8.11. The minimum atomic E-state index is -0.185. The molecule has 1 unspecified atom stereocenters. The summed E-state index contributed by atoms with van der Waals surface area (Å²) >= 11 is 1.72. The van der Waals surface area contributed by atoms with Gasteiger partial charge in [0, 0.05) is 17.5 Å². The van der Waals surface area contributed by atoms with Gasteiger partial charge in [0.2, 0.25) is 5.91 Å². The third-order valence-corrected chi connectivity index (χ3v) is 4.10. The minimum absolute atomic E-state index is 0.0461. The van der Waals surface area contributed by atoms with E-state index >= 15 is 0 Å². The van der Waals surface area contributed by atoms with E-state index in [4.69, 9.17) is 0 Å². The Balaban J connectivity index is 1.90. The predicted molar refractivity (Wildman–Crippen MR) is 89.3 cm³/mol. The summed E-state index contributed by atoms with van der Waals surface area (Å²) in [7, 11) is 0. The van der Waals surface area contributed by atoms with Crippen molar-refractivity contribution >= 4 is 17.2 Å². The average molecular weight is 302 g/mol. The van der Waals surface area contributed by atoms with Crippen molar-refractivity contribution < 1.29 is 4.79 Å². The summed E-state index contributed by atoms with van der Waals surface area (Å²) in [5.74, 6) is 0.0461. The van der Waals surface area contributed by atoms with Crippen LogP contribution in [0.3, 0.4) is 0 Å². The number of rotatable bonds is 6. The van der Waals surface area contributed by atoms with Crippen LogP contribution in [0.15, 0.2) is 41.8 Å². The van der Waals surface area contributed by atoms with Crippen LogP contribution in [0.1, 0.15) is 25.6 Å². The molecule has 1 atom stereocenters. The van der Waals surface area contributed by atoms with Crippen molar-refractivity contribution in [3.05, 3.63) is 46.7 Å². The van der Waals surface area contributed by atoms with Gasteiger partial charge in [-0.3, -0.25) is 4.79 Å². The Labute approximate surface area is 130 Å². The quantitative estimate of drug-likeness (QED) is 0.858. The third kappa shape index (κ3) is 4.69. The van der Waals surface area contributed by atoms with Crippen LogP contribution >= 0.6 is 11.3 Å². The standard InChI is InChI=1S/C17H22N2OS/c1-12(2)19-17(20)13(3)18-10-16-9-15(11-21-16)14-7-5-4-6-8-14/h4-9,11-13,18H,10H2,1-3H3,(H,19,20). The average Bonchev–Trinajstić information content (AvgIpc) is 2.94. The van der Waals surface area contributed by atoms with Crippen molar-refractivity contribution in [2.24, 2.45) is 0 Å². The molecule has 0 aliphatic heterocycles. The van der Waals surface area contributed by atoms with E-state index in [1.165, 1.54) is 16.0 Å². The monoisotopic (exact) mass is 302 g/mol. The number of carbonyl (C=O) groups excluding carboxylic acids is 1. The van der Waals surface area contributed by atoms with Gasteiger partial charge in [0.05, 0.1) is 6.04 Å². The molecule has 1 aromatic heterocycles. The molecule has 1 amide bonds. The van der Waals surface area contributed by atoms with Gasteiger partial charge >= 0.3 is 0 Å². The van der Waals surface area contributed by atoms with Gasteiger partial charge in [-0.1, -0.05) is 30.3 Å². The number of amides is 1. The zero-order valence-corrected chi connectivity index (χ0v) is 13.5. The minimum Gasteiger partial charge on any atom is -0.353 e. The molecule has 21 heavy (non-hydrogen) atoms. The first-order valence-electron chi connectivity index (χ1n) is 7.23. The molecule has 2 rings (SSSR count). The Morgan fingerprint density at radius 1 is 1.14 bits per heavy atom. The zero-order valence-electron chi connectivity index (χ0n) is 12.7. The highest BCUT2D eigenvalue weighted by atomic mass is 32.1. The van der Waals surface area contributed by atoms with Crippen molar-refractivity contribution in [2.45, 2.75) is 39.4 Å². The highest BCUT2D eigenvalue weighted by Crippen LogP contribution is 2.25. The molecular formula is C17H22N2OS. The van der Waals surface area contributed by atoms with Gasteiger partial charge in [0.25, 0.3) is 0 Å². The van der Waals surface area contributed by atoms with E-state index in [1.54, 1.807) is 11.3 Å². The van der Waals surface area contributed by atoms with E-state index in [9.17, 15) is 4.79 Å². The Bertz CT molecular complexity index is 577. The molecule has 2 aromatic rings. The second-order valence-corrected chi connectivity index (χ2v) is 6.43. The van der Waals surface area contributed by atoms with Crippen LogP contribution in [0.2, 0.25) is 0 Å². The molecule has 0 saturated heterocycles. The first kappa shape index (κ1) is 15.7. The van der Waals surface area contributed by atoms with Crippen LogP contribution in [0.5, 0.6) is 0 Å². The van der Waals surface area contributed by atoms with Crippen molar-refractivity contribution in [3.8, 4) is 11.1 Å². The molecule has 1 aromatic carbocycles. The fraction of sp³-hybridized carbons (Fsp3) is 0.353. The van der Waals surface area contributed by atoms with Gasteiger partial charge in [-0.05, 0) is 43.3 Å². The fourth-order valence-electron chi connectivity index (χ4n) is 2.01. The normalized spacial score (nSPS) is 12.4. The van der Waals surface area contributed by atoms with E-state index in [1.807, 2.05) is 39.0 Å². The largest absolute Gasteiger partial charge is 0.353 e. The Hall–Kier alpha value is -1.65. The maximum Gasteiger partial charge on any atom is 0.237 e. The van der Waals surface area contributed by atoms with Gasteiger partial charge in [-0.15, -0.1) is 11.3 Å². The SMILES string of the molecule is CC(C)NC(=O)C(C)NCc1cc(-c2ccccc2)cs1. The molecule has 112 valence electrons. The van der Waals surface area contributed by atoms with Gasteiger partial charge in [0.15, 0.2) is 0 Å². The molecule has 0 radical (unpaired) electrons. The summed E-state index contributed by atoms with van der Waals surface area (Å²) in [5, 5.41) is 8.34. The molecule has 3 nitrogen and oxygen atoms in total. The van der Waals surface area contributed by atoms with Crippen molar-refractivity contribution in [1.29, 1.82) is 0 Å². The van der Waals surface area contributed by atoms with Gasteiger partial charge in [0.1, 0.15) is 0 Å². The molecule has 2 N–H and O–H groups in total. The number of thiophene rings is 1. The first-order chi connectivity index (χ1) is 10.1. The highest BCUT2D eigenvalue weighted by molar-refractivity contribution is 7.10. The van der Waals surface area contributed by atoms with Crippen molar-refractivity contribution in [2.75, 3.05) is 0 Å². The van der Waals surface area contributed by atoms with Crippen LogP contribution in [-0.2, 0) is 11.3 Å². The van der Waals surface area contributed by atoms with Gasteiger partial charge in [-0.2, -0.15) is 0 Å². The van der Waals surface area contributed by atoms with E-state index in [-0.39, 0.29) is 18.0 Å². The van der Waals surface area contributed by atoms with Gasteiger partial charge < -0.3 is 10.6 Å². The number of hydrogen-bond acceptors (Lipinski definition) is 3. The molecule has 0 bridgehead atoms. The predicted octanol–water partition coefficient (Wildman–Crippen LogP) is 3.42. The molecule has 4 heteroatoms. The molecule has 0 saturated carbocycles. The summed E-state index contributed by atoms with van der Waals surface area (Å²) in [4.78, 5) is 13.1. The summed E-state index contributed by atoms with van der Waals surface area (Å²) in [5.41, 5.74) is 2.46. The number of benzene rings is 1. The van der Waals surface area contributed by atoms with Crippen molar-refractivity contribution in [3.63, 3.8) is 0 Å². The van der Waals surface area contributed by atoms with E-state index in [0.29, 0.717) is 6.54 Å². The lowest BCUT2D eigenvalue weighted by molar-refractivity contribution is -0.123. The van der Waals surface area contributed by atoms with Crippen LogP contribution < -0.4 is 10.6 Å². The number of carbonyl (C=O) groups is 1. The van der Waals surface area contributed by atoms with Crippen LogP contribution in [-0.4, -0.2) is 18.0 Å². The van der Waals surface area contributed by atoms with Crippen LogP contribution in [0, 0.1) is 0 Å². The Morgan fingerprint density at radius 3 is 2.52 bits per heavy atom. The summed E-state index contributed by atoms with van der Waals surface area (Å²) < 4.78 is 0. The van der Waals surface area contributed by atoms with Gasteiger partial charge in [-0.25, -0.2) is 0 Å². The number of nitrogens with one attached hydrogen (secondary N) is 2. The van der Waals surface area contributed by atoms with E-state index in [2.05, 4.69) is 34.2 Å². The summed E-state index contributed by atoms with van der Waals surface area (Å²) in [6.45, 7) is 6.54. The smallest absolute Gasteiger partial charge is 0.237 e. The molecule has 1 heterocycles. The molecular weight excluding hydrogens is 280 g/mol. The molecule has 0 aliphatic carbocycles. The highest BCUT2D eigenvalue weighted by Gasteiger charge is 2.13. The second kappa shape index (κ2) is 7.38. The second-order valence-electron chi connectivity index (χ2n) is 5.43. The fourth-order valence-corrected chi connectivity index (χ4v) is 2.86. The third-order valence-electron chi connectivity index (χ3n) is 3.17. The summed E-state index contributed by atoms with van der Waals surface area (Å²) in [6, 6.07) is 12.5. The lowest BCUT2D eigenvalue weighted by Gasteiger charge is -2.15. The molecule has 0 fully saturated rings. The van der Waals surface area contributed by atoms with Crippen molar-refractivity contribution in [1.82, 2.24) is 10.6 Å². The van der Waals surface area contributed by atoms with E-state index < -0.39 is 0 Å². The lowest BCUT2D eigenvalue weighted by atomic mass is 10.1. The Kier molecular flexibility index (Phi) is 5.53. The summed E-state index contributed by atoms with van der Waals surface area (Å²) in [6.07, 6.45) is 0. The molecule has 0 spiro atoms. The maximum atomic E-state index is 11.8. The zero-order chi connectivity index (χ0) is 15.2. The number of hydrogen-bond donors (Lipinski definition) is 2. The maximum absolute atomic E-state index is 11.8. The Morgan fingerprint density at radius 2 is 1.86 bits per heavy atom. The van der Waals surface area contributed by atoms with E-state index in [0.717, 1.165) is 0 Å². The lowest BCUT2D eigenvalue weighted by Crippen LogP contribution is -2.44. The van der Waals surface area contributed by atoms with Crippen LogP contribution in [0.25, 0.3) is 11.1 Å². The topological polar surface area (TPSA) is 41.1 Å².